The molecule has 3 rings (SSSR count). The monoisotopic (exact) mass is 483 g/mol. The molecule has 1 heterocycles. The average Bonchev–Trinajstić information content (AvgIpc) is 2.84. The molecular weight excluding hydrogens is 446 g/mol. The third-order valence-electron chi connectivity index (χ3n) is 6.46. The lowest BCUT2D eigenvalue weighted by atomic mass is 10.0. The van der Waals surface area contributed by atoms with E-state index in [0.29, 0.717) is 36.7 Å². The molecule has 0 spiro atoms. The zero-order valence-electron chi connectivity index (χ0n) is 21.5. The van der Waals surface area contributed by atoms with Crippen LogP contribution in [-0.2, 0) is 16.1 Å². The van der Waals surface area contributed by atoms with Crippen molar-refractivity contribution < 1.29 is 23.8 Å². The molecule has 0 bridgehead atoms. The van der Waals surface area contributed by atoms with E-state index >= 15 is 0 Å². The Kier molecular flexibility index (Phi) is 9.12. The average molecular weight is 484 g/mol. The summed E-state index contributed by atoms with van der Waals surface area (Å²) >= 11 is 0. The Balaban J connectivity index is 1.97. The number of ether oxygens (including phenoxy) is 3. The summed E-state index contributed by atoms with van der Waals surface area (Å²) in [6.45, 7) is 7.96. The Morgan fingerprint density at radius 3 is 2.57 bits per heavy atom. The first-order valence-electron chi connectivity index (χ1n) is 11.9. The molecule has 0 radical (unpaired) electrons. The van der Waals surface area contributed by atoms with E-state index in [0.717, 1.165) is 17.9 Å². The number of hydrogen-bond donors (Lipinski definition) is 1. The number of carbonyl (C=O) groups is 2. The lowest BCUT2D eigenvalue weighted by Crippen LogP contribution is -2.46. The summed E-state index contributed by atoms with van der Waals surface area (Å²) in [6, 6.07) is 13.2. The number of amides is 2. The Bertz CT molecular complexity index is 1030. The maximum absolute atomic E-state index is 13.3. The van der Waals surface area contributed by atoms with E-state index in [1.165, 1.54) is 6.92 Å². The number of hydrogen-bond acceptors (Lipinski definition) is 6. The zero-order chi connectivity index (χ0) is 25.5. The summed E-state index contributed by atoms with van der Waals surface area (Å²) in [6.07, 6.45) is -0.140. The highest BCUT2D eigenvalue weighted by atomic mass is 16.5. The first-order valence-corrected chi connectivity index (χ1v) is 11.9. The molecule has 2 aromatic rings. The van der Waals surface area contributed by atoms with Crippen molar-refractivity contribution in [3.8, 4) is 11.5 Å². The van der Waals surface area contributed by atoms with Crippen LogP contribution in [0, 0.1) is 5.92 Å². The van der Waals surface area contributed by atoms with Crippen molar-refractivity contribution in [3.63, 3.8) is 0 Å². The molecule has 0 saturated carbocycles. The summed E-state index contributed by atoms with van der Waals surface area (Å²) in [4.78, 5) is 28.9. The van der Waals surface area contributed by atoms with Crippen LogP contribution in [0.4, 0.5) is 5.69 Å². The summed E-state index contributed by atoms with van der Waals surface area (Å²) in [5.41, 5.74) is 2.13. The number of benzene rings is 2. The number of para-hydroxylation sites is 1. The zero-order valence-corrected chi connectivity index (χ0v) is 21.5. The maximum Gasteiger partial charge on any atom is 0.257 e. The lowest BCUT2D eigenvalue weighted by molar-refractivity contribution is -0.114. The molecular formula is C27H37N3O5. The Morgan fingerprint density at radius 2 is 1.89 bits per heavy atom. The molecule has 0 saturated heterocycles. The highest BCUT2D eigenvalue weighted by Gasteiger charge is 2.28. The van der Waals surface area contributed by atoms with Crippen molar-refractivity contribution in [1.82, 2.24) is 9.80 Å². The molecule has 8 heteroatoms. The lowest BCUT2D eigenvalue weighted by Gasteiger charge is -2.36. The molecule has 0 aliphatic carbocycles. The Hall–Kier alpha value is -3.10. The minimum Gasteiger partial charge on any atom is -0.496 e. The first kappa shape index (κ1) is 26.5. The van der Waals surface area contributed by atoms with Gasteiger partial charge >= 0.3 is 0 Å². The third-order valence-corrected chi connectivity index (χ3v) is 6.46. The van der Waals surface area contributed by atoms with Gasteiger partial charge in [-0.1, -0.05) is 25.1 Å². The molecule has 3 atom stereocenters. The van der Waals surface area contributed by atoms with Crippen LogP contribution in [0.15, 0.2) is 42.5 Å². The van der Waals surface area contributed by atoms with Crippen LogP contribution in [0.5, 0.6) is 11.5 Å². The van der Waals surface area contributed by atoms with Crippen LogP contribution in [0.3, 0.4) is 0 Å². The van der Waals surface area contributed by atoms with E-state index in [1.54, 1.807) is 44.4 Å². The number of anilines is 1. The van der Waals surface area contributed by atoms with Crippen molar-refractivity contribution in [2.24, 2.45) is 5.92 Å². The predicted molar refractivity (Wildman–Crippen MR) is 136 cm³/mol. The van der Waals surface area contributed by atoms with Gasteiger partial charge in [-0.2, -0.15) is 0 Å². The number of likely N-dealkylation sites (N-methyl/N-ethyl adjacent to an activating group) is 1. The maximum atomic E-state index is 13.3. The van der Waals surface area contributed by atoms with Crippen molar-refractivity contribution in [3.05, 3.63) is 53.6 Å². The molecule has 1 aliphatic rings. The van der Waals surface area contributed by atoms with Gasteiger partial charge in [0.2, 0.25) is 5.91 Å². The molecule has 2 aromatic carbocycles. The highest BCUT2D eigenvalue weighted by molar-refractivity contribution is 5.98. The number of fused-ring (bicyclic) bond motifs is 1. The SMILES string of the molecule is COc1ccccc1CN1C[C@H](C)[C@H](OC)CN(C)C(=O)c2ccc(NC(C)=O)cc2OC[C@H]1C. The van der Waals surface area contributed by atoms with E-state index < -0.39 is 0 Å². The van der Waals surface area contributed by atoms with Crippen molar-refractivity contribution in [2.75, 3.05) is 46.3 Å². The number of rotatable bonds is 5. The van der Waals surface area contributed by atoms with Crippen LogP contribution >= 0.6 is 0 Å². The van der Waals surface area contributed by atoms with Crippen LogP contribution in [0.25, 0.3) is 0 Å². The highest BCUT2D eigenvalue weighted by Crippen LogP contribution is 2.28. The second kappa shape index (κ2) is 12.0. The smallest absolute Gasteiger partial charge is 0.257 e. The molecule has 0 fully saturated rings. The quantitative estimate of drug-likeness (QED) is 0.699. The van der Waals surface area contributed by atoms with E-state index in [1.807, 2.05) is 18.2 Å². The minimum atomic E-state index is -0.185. The fraction of sp³-hybridized carbons (Fsp3) is 0.481. The van der Waals surface area contributed by atoms with Gasteiger partial charge in [-0.05, 0) is 31.0 Å². The van der Waals surface area contributed by atoms with Crippen molar-refractivity contribution in [1.29, 1.82) is 0 Å². The van der Waals surface area contributed by atoms with E-state index in [9.17, 15) is 9.59 Å². The van der Waals surface area contributed by atoms with E-state index in [2.05, 4.69) is 30.1 Å². The van der Waals surface area contributed by atoms with Gasteiger partial charge in [0.25, 0.3) is 5.91 Å². The largest absolute Gasteiger partial charge is 0.496 e. The molecule has 1 N–H and O–H groups in total. The number of carbonyl (C=O) groups excluding carboxylic acids is 2. The fourth-order valence-electron chi connectivity index (χ4n) is 4.40. The topological polar surface area (TPSA) is 80.3 Å². The normalized spacial score (nSPS) is 21.8. The Morgan fingerprint density at radius 1 is 1.14 bits per heavy atom. The summed E-state index contributed by atoms with van der Waals surface area (Å²) in [5, 5.41) is 2.77. The minimum absolute atomic E-state index is 0.0319. The fourth-order valence-corrected chi connectivity index (χ4v) is 4.40. The standard InChI is InChI=1S/C27H37N3O5/c1-18-14-30(15-21-9-7-8-10-24(21)33-5)19(2)17-35-25-13-22(28-20(3)31)11-12-23(25)27(32)29(4)16-26(18)34-6/h7-13,18-19,26H,14-17H2,1-6H3,(H,28,31)/t18-,19+,26+/m0/s1. The number of methoxy groups -OCH3 is 2. The van der Waals surface area contributed by atoms with Gasteiger partial charge in [0.15, 0.2) is 0 Å². The molecule has 2 amide bonds. The number of nitrogens with zero attached hydrogens (tertiary/aromatic N) is 2. The molecule has 190 valence electrons. The van der Waals surface area contributed by atoms with Gasteiger partial charge in [-0.3, -0.25) is 14.5 Å². The van der Waals surface area contributed by atoms with Gasteiger partial charge in [-0.15, -0.1) is 0 Å². The second-order valence-corrected chi connectivity index (χ2v) is 9.23. The first-order chi connectivity index (χ1) is 16.7. The van der Waals surface area contributed by atoms with Crippen LogP contribution in [0.2, 0.25) is 0 Å². The van der Waals surface area contributed by atoms with Crippen LogP contribution in [0.1, 0.15) is 36.7 Å². The van der Waals surface area contributed by atoms with Crippen molar-refractivity contribution >= 4 is 17.5 Å². The van der Waals surface area contributed by atoms with Gasteiger partial charge in [0.1, 0.15) is 18.1 Å². The molecule has 8 nitrogen and oxygen atoms in total. The summed E-state index contributed by atoms with van der Waals surface area (Å²) in [5.74, 6) is 1.11. The van der Waals surface area contributed by atoms with Gasteiger partial charge < -0.3 is 24.4 Å². The van der Waals surface area contributed by atoms with Gasteiger partial charge in [-0.25, -0.2) is 0 Å². The molecule has 0 unspecified atom stereocenters. The Labute approximate surface area is 208 Å². The second-order valence-electron chi connectivity index (χ2n) is 9.23. The molecule has 35 heavy (non-hydrogen) atoms. The number of nitrogens with one attached hydrogen (secondary N) is 1. The predicted octanol–water partition coefficient (Wildman–Crippen LogP) is 3.66. The van der Waals surface area contributed by atoms with Gasteiger partial charge in [0.05, 0.1) is 18.8 Å². The summed E-state index contributed by atoms with van der Waals surface area (Å²) < 4.78 is 17.6. The van der Waals surface area contributed by atoms with Crippen molar-refractivity contribution in [2.45, 2.75) is 39.5 Å². The summed E-state index contributed by atoms with van der Waals surface area (Å²) in [7, 11) is 5.14. The van der Waals surface area contributed by atoms with E-state index in [4.69, 9.17) is 14.2 Å². The van der Waals surface area contributed by atoms with Crippen LogP contribution < -0.4 is 14.8 Å². The molecule has 1 aliphatic heterocycles. The van der Waals surface area contributed by atoms with Gasteiger partial charge in [0, 0.05) is 64.1 Å². The molecule has 0 aromatic heterocycles. The van der Waals surface area contributed by atoms with E-state index in [-0.39, 0.29) is 29.9 Å². The third kappa shape index (κ3) is 6.74. The van der Waals surface area contributed by atoms with Crippen LogP contribution in [-0.4, -0.2) is 74.7 Å².